The summed E-state index contributed by atoms with van der Waals surface area (Å²) in [4.78, 5) is 14.7. The second-order valence-electron chi connectivity index (χ2n) is 3.31. The Morgan fingerprint density at radius 1 is 1.73 bits per heavy atom. The van der Waals surface area contributed by atoms with Crippen LogP contribution in [-0.4, -0.2) is 22.1 Å². The Balaban J connectivity index is 2.88. The molecule has 0 saturated heterocycles. The maximum Gasteiger partial charge on any atom is 0.337 e. The van der Waals surface area contributed by atoms with E-state index in [1.54, 1.807) is 6.07 Å². The van der Waals surface area contributed by atoms with Crippen LogP contribution in [0.5, 0.6) is 0 Å². The number of pyridine rings is 1. The number of anilines is 1. The fraction of sp³-hybridized carbons (Fsp3) is 0.400. The fourth-order valence-electron chi connectivity index (χ4n) is 0.997. The lowest BCUT2D eigenvalue weighted by atomic mass is 10.2. The van der Waals surface area contributed by atoms with Crippen LogP contribution < -0.4 is 5.32 Å². The Morgan fingerprint density at radius 2 is 2.40 bits per heavy atom. The van der Waals surface area contributed by atoms with Crippen LogP contribution in [0, 0.1) is 0 Å². The van der Waals surface area contributed by atoms with Crippen LogP contribution in [0.1, 0.15) is 30.6 Å². The van der Waals surface area contributed by atoms with Crippen molar-refractivity contribution in [3.8, 4) is 0 Å². The van der Waals surface area contributed by atoms with E-state index in [1.807, 2.05) is 6.92 Å². The summed E-state index contributed by atoms with van der Waals surface area (Å²) in [7, 11) is 0. The molecule has 0 bridgehead atoms. The van der Waals surface area contributed by atoms with E-state index in [-0.39, 0.29) is 5.56 Å². The van der Waals surface area contributed by atoms with E-state index in [9.17, 15) is 4.79 Å². The lowest BCUT2D eigenvalue weighted by molar-refractivity contribution is 0.0696. The molecule has 4 nitrogen and oxygen atoms in total. The summed E-state index contributed by atoms with van der Waals surface area (Å²) in [5, 5.41) is 11.9. The molecule has 0 amide bonds. The van der Waals surface area contributed by atoms with Gasteiger partial charge in [0.05, 0.1) is 10.0 Å². The molecule has 1 atom stereocenters. The molecule has 1 heterocycles. The predicted molar refractivity (Wildman–Crippen MR) is 62.3 cm³/mol. The molecule has 0 spiro atoms. The Morgan fingerprint density at radius 3 is 2.87 bits per heavy atom. The van der Waals surface area contributed by atoms with E-state index in [0.717, 1.165) is 6.42 Å². The largest absolute Gasteiger partial charge is 0.478 e. The minimum Gasteiger partial charge on any atom is -0.478 e. The average Bonchev–Trinajstić information content (AvgIpc) is 2.20. The third-order valence-corrected chi connectivity index (χ3v) is 2.69. The fourth-order valence-corrected chi connectivity index (χ4v) is 1.46. The molecule has 0 radical (unpaired) electrons. The minimum atomic E-state index is -0.974. The second kappa shape index (κ2) is 5.11. The zero-order valence-corrected chi connectivity index (χ0v) is 10.2. The van der Waals surface area contributed by atoms with Gasteiger partial charge in [-0.15, -0.1) is 0 Å². The van der Waals surface area contributed by atoms with Crippen LogP contribution >= 0.6 is 15.9 Å². The van der Waals surface area contributed by atoms with Crippen molar-refractivity contribution < 1.29 is 9.90 Å². The quantitative estimate of drug-likeness (QED) is 0.885. The maximum absolute atomic E-state index is 10.7. The monoisotopic (exact) mass is 272 g/mol. The van der Waals surface area contributed by atoms with Gasteiger partial charge in [-0.05, 0) is 35.3 Å². The van der Waals surface area contributed by atoms with Gasteiger partial charge in [0, 0.05) is 12.2 Å². The Kier molecular flexibility index (Phi) is 4.08. The number of carboxylic acids is 1. The van der Waals surface area contributed by atoms with Crippen molar-refractivity contribution in [2.75, 3.05) is 5.32 Å². The van der Waals surface area contributed by atoms with Gasteiger partial charge in [-0.25, -0.2) is 9.78 Å². The van der Waals surface area contributed by atoms with Crippen molar-refractivity contribution in [3.63, 3.8) is 0 Å². The van der Waals surface area contributed by atoms with Crippen LogP contribution in [0.2, 0.25) is 0 Å². The number of carboxylic acid groups (broad SMARTS) is 1. The highest BCUT2D eigenvalue weighted by atomic mass is 79.9. The standard InChI is InChI=1S/C10H13BrN2O2/c1-3-6(2)13-9-8(11)4-7(5-12-9)10(14)15/h4-6H,3H2,1-2H3,(H,12,13)(H,14,15). The molecule has 1 unspecified atom stereocenters. The van der Waals surface area contributed by atoms with E-state index in [4.69, 9.17) is 5.11 Å². The smallest absolute Gasteiger partial charge is 0.337 e. The highest BCUT2D eigenvalue weighted by molar-refractivity contribution is 9.10. The molecule has 5 heteroatoms. The molecular weight excluding hydrogens is 260 g/mol. The third kappa shape index (κ3) is 3.20. The zero-order chi connectivity index (χ0) is 11.4. The maximum atomic E-state index is 10.7. The van der Waals surface area contributed by atoms with Crippen LogP contribution in [-0.2, 0) is 0 Å². The molecule has 0 aliphatic rings. The Hall–Kier alpha value is -1.10. The lowest BCUT2D eigenvalue weighted by Gasteiger charge is -2.13. The van der Waals surface area contributed by atoms with Crippen molar-refractivity contribution in [1.82, 2.24) is 4.98 Å². The van der Waals surface area contributed by atoms with E-state index in [0.29, 0.717) is 16.3 Å². The van der Waals surface area contributed by atoms with Crippen LogP contribution in [0.25, 0.3) is 0 Å². The molecule has 0 aliphatic carbocycles. The van der Waals surface area contributed by atoms with Gasteiger partial charge in [0.25, 0.3) is 0 Å². The van der Waals surface area contributed by atoms with Gasteiger partial charge in [-0.3, -0.25) is 0 Å². The highest BCUT2D eigenvalue weighted by Gasteiger charge is 2.09. The number of halogens is 1. The number of aromatic carboxylic acids is 1. The number of hydrogen-bond acceptors (Lipinski definition) is 3. The summed E-state index contributed by atoms with van der Waals surface area (Å²) < 4.78 is 0.669. The number of nitrogens with zero attached hydrogens (tertiary/aromatic N) is 1. The predicted octanol–water partition coefficient (Wildman–Crippen LogP) is 2.75. The van der Waals surface area contributed by atoms with Crippen molar-refractivity contribution >= 4 is 27.7 Å². The number of carbonyl (C=O) groups is 1. The summed E-state index contributed by atoms with van der Waals surface area (Å²) in [6, 6.07) is 1.85. The molecule has 2 N–H and O–H groups in total. The molecule has 15 heavy (non-hydrogen) atoms. The van der Waals surface area contributed by atoms with Gasteiger partial charge in [0.2, 0.25) is 0 Å². The zero-order valence-electron chi connectivity index (χ0n) is 8.62. The molecule has 1 aromatic heterocycles. The molecule has 0 fully saturated rings. The van der Waals surface area contributed by atoms with Gasteiger partial charge >= 0.3 is 5.97 Å². The molecular formula is C10H13BrN2O2. The van der Waals surface area contributed by atoms with Gasteiger partial charge in [0.15, 0.2) is 0 Å². The molecule has 0 aliphatic heterocycles. The van der Waals surface area contributed by atoms with Crippen LogP contribution in [0.4, 0.5) is 5.82 Å². The lowest BCUT2D eigenvalue weighted by Crippen LogP contribution is -2.15. The van der Waals surface area contributed by atoms with Gasteiger partial charge in [-0.1, -0.05) is 6.92 Å². The second-order valence-corrected chi connectivity index (χ2v) is 4.17. The highest BCUT2D eigenvalue weighted by Crippen LogP contribution is 2.21. The van der Waals surface area contributed by atoms with Crippen molar-refractivity contribution in [3.05, 3.63) is 22.3 Å². The summed E-state index contributed by atoms with van der Waals surface area (Å²) in [5.41, 5.74) is 0.177. The van der Waals surface area contributed by atoms with E-state index in [1.165, 1.54) is 6.20 Å². The van der Waals surface area contributed by atoms with Gasteiger partial charge < -0.3 is 10.4 Å². The molecule has 1 rings (SSSR count). The van der Waals surface area contributed by atoms with E-state index < -0.39 is 5.97 Å². The first-order chi connectivity index (χ1) is 7.04. The Bertz CT molecular complexity index is 368. The van der Waals surface area contributed by atoms with E-state index >= 15 is 0 Å². The topological polar surface area (TPSA) is 62.2 Å². The Labute approximate surface area is 96.8 Å². The number of nitrogens with one attached hydrogen (secondary N) is 1. The average molecular weight is 273 g/mol. The number of hydrogen-bond donors (Lipinski definition) is 2. The summed E-state index contributed by atoms with van der Waals surface area (Å²) in [6.07, 6.45) is 2.33. The third-order valence-electron chi connectivity index (χ3n) is 2.08. The SMILES string of the molecule is CCC(C)Nc1ncc(C(=O)O)cc1Br. The molecule has 0 aromatic carbocycles. The molecule has 0 saturated carbocycles. The normalized spacial score (nSPS) is 12.2. The first kappa shape index (κ1) is 12.0. The van der Waals surface area contributed by atoms with Gasteiger partial charge in [-0.2, -0.15) is 0 Å². The van der Waals surface area contributed by atoms with Crippen LogP contribution in [0.15, 0.2) is 16.7 Å². The molecule has 82 valence electrons. The summed E-state index contributed by atoms with van der Waals surface area (Å²) in [6.45, 7) is 4.11. The number of rotatable bonds is 4. The van der Waals surface area contributed by atoms with Crippen molar-refractivity contribution in [2.24, 2.45) is 0 Å². The summed E-state index contributed by atoms with van der Waals surface area (Å²) in [5.74, 6) is -0.298. The summed E-state index contributed by atoms with van der Waals surface area (Å²) >= 11 is 3.28. The van der Waals surface area contributed by atoms with Crippen molar-refractivity contribution in [2.45, 2.75) is 26.3 Å². The molecule has 1 aromatic rings. The van der Waals surface area contributed by atoms with E-state index in [2.05, 4.69) is 33.2 Å². The number of aromatic nitrogens is 1. The van der Waals surface area contributed by atoms with Crippen LogP contribution in [0.3, 0.4) is 0 Å². The minimum absolute atomic E-state index is 0.177. The first-order valence-corrected chi connectivity index (χ1v) is 5.49. The van der Waals surface area contributed by atoms with Crippen molar-refractivity contribution in [1.29, 1.82) is 0 Å². The first-order valence-electron chi connectivity index (χ1n) is 4.70. The van der Waals surface area contributed by atoms with Gasteiger partial charge in [0.1, 0.15) is 5.82 Å².